The Balaban J connectivity index is 1.61. The topological polar surface area (TPSA) is 69.0 Å². The highest BCUT2D eigenvalue weighted by molar-refractivity contribution is 6.29. The maximum absolute atomic E-state index is 12.9. The summed E-state index contributed by atoms with van der Waals surface area (Å²) in [6.45, 7) is 4.04. The Hall–Kier alpha value is -2.96. The van der Waals surface area contributed by atoms with Gasteiger partial charge in [-0.25, -0.2) is 9.97 Å². The number of benzene rings is 2. The van der Waals surface area contributed by atoms with Gasteiger partial charge in [0.1, 0.15) is 5.15 Å². The number of aromatic nitrogens is 3. The number of hydrogen-bond acceptors (Lipinski definition) is 4. The average molecular weight is 409 g/mol. The van der Waals surface area contributed by atoms with Gasteiger partial charge in [0, 0.05) is 30.7 Å². The number of imidazole rings is 1. The van der Waals surface area contributed by atoms with Crippen molar-refractivity contribution in [3.63, 3.8) is 0 Å². The van der Waals surface area contributed by atoms with Crippen molar-refractivity contribution in [2.75, 3.05) is 18.5 Å². The van der Waals surface area contributed by atoms with Crippen molar-refractivity contribution in [2.24, 2.45) is 0 Å². The van der Waals surface area contributed by atoms with Crippen LogP contribution in [-0.2, 0) is 11.3 Å². The van der Waals surface area contributed by atoms with Gasteiger partial charge in [-0.1, -0.05) is 23.7 Å². The van der Waals surface area contributed by atoms with E-state index in [9.17, 15) is 4.79 Å². The van der Waals surface area contributed by atoms with E-state index in [-0.39, 0.29) is 5.91 Å². The number of para-hydroxylation sites is 2. The van der Waals surface area contributed by atoms with Crippen LogP contribution in [0, 0.1) is 0 Å². The number of carbonyl (C=O) groups excluding carboxylic acids is 1. The predicted molar refractivity (Wildman–Crippen MR) is 116 cm³/mol. The lowest BCUT2D eigenvalue weighted by Crippen LogP contribution is -2.16. The minimum absolute atomic E-state index is 0.219. The van der Waals surface area contributed by atoms with Gasteiger partial charge < -0.3 is 9.30 Å². The first-order chi connectivity index (χ1) is 14.2. The molecule has 0 radical (unpaired) electrons. The summed E-state index contributed by atoms with van der Waals surface area (Å²) in [7, 11) is 0. The number of fused-ring (bicyclic) bond motifs is 2. The molecule has 29 heavy (non-hydrogen) atoms. The molecule has 0 atom stereocenters. The third kappa shape index (κ3) is 4.23. The van der Waals surface area contributed by atoms with Crippen molar-refractivity contribution in [2.45, 2.75) is 19.9 Å². The van der Waals surface area contributed by atoms with Crippen LogP contribution in [0.5, 0.6) is 0 Å². The van der Waals surface area contributed by atoms with Crippen LogP contribution in [0.1, 0.15) is 23.7 Å². The second-order valence-corrected chi connectivity index (χ2v) is 7.01. The van der Waals surface area contributed by atoms with Gasteiger partial charge in [-0.05, 0) is 55.8 Å². The molecule has 4 rings (SSSR count). The summed E-state index contributed by atoms with van der Waals surface area (Å²) in [6, 6.07) is 16.7. The number of pyridine rings is 1. The number of ether oxygens (including phenoxy) is 1. The molecule has 1 N–H and O–H groups in total. The molecule has 0 saturated carbocycles. The van der Waals surface area contributed by atoms with Gasteiger partial charge in [-0.15, -0.1) is 0 Å². The molecule has 6 nitrogen and oxygen atoms in total. The third-order valence-electron chi connectivity index (χ3n) is 4.67. The first-order valence-electron chi connectivity index (χ1n) is 9.56. The molecule has 0 bridgehead atoms. The average Bonchev–Trinajstić information content (AvgIpc) is 3.07. The Bertz CT molecular complexity index is 1170. The fourth-order valence-corrected chi connectivity index (χ4v) is 3.44. The lowest BCUT2D eigenvalue weighted by molar-refractivity contribution is 0.102. The van der Waals surface area contributed by atoms with Crippen LogP contribution in [0.2, 0.25) is 5.15 Å². The van der Waals surface area contributed by atoms with E-state index in [0.717, 1.165) is 28.4 Å². The molecule has 0 fully saturated rings. The normalized spacial score (nSPS) is 11.2. The maximum atomic E-state index is 12.9. The van der Waals surface area contributed by atoms with Gasteiger partial charge >= 0.3 is 0 Å². The van der Waals surface area contributed by atoms with Crippen LogP contribution in [0.15, 0.2) is 54.6 Å². The lowest BCUT2D eigenvalue weighted by atomic mass is 10.1. The number of nitrogens with one attached hydrogen (secondary N) is 1. The van der Waals surface area contributed by atoms with Crippen molar-refractivity contribution in [1.29, 1.82) is 0 Å². The van der Waals surface area contributed by atoms with Crippen LogP contribution in [0.3, 0.4) is 0 Å². The highest BCUT2D eigenvalue weighted by Gasteiger charge is 2.15. The zero-order valence-corrected chi connectivity index (χ0v) is 16.8. The number of aryl methyl sites for hydroxylation is 1. The molecular weight excluding hydrogens is 388 g/mol. The summed E-state index contributed by atoms with van der Waals surface area (Å²) in [5, 5.41) is 4.24. The second-order valence-electron chi connectivity index (χ2n) is 6.62. The number of hydrogen-bond donors (Lipinski definition) is 1. The minimum atomic E-state index is -0.219. The molecule has 0 aliphatic carbocycles. The van der Waals surface area contributed by atoms with Crippen molar-refractivity contribution in [3.05, 3.63) is 65.3 Å². The summed E-state index contributed by atoms with van der Waals surface area (Å²) < 4.78 is 7.47. The predicted octanol–water partition coefficient (Wildman–Crippen LogP) is 4.92. The summed E-state index contributed by atoms with van der Waals surface area (Å²) in [6.07, 6.45) is 0.833. The molecule has 148 valence electrons. The second kappa shape index (κ2) is 8.59. The van der Waals surface area contributed by atoms with Crippen LogP contribution >= 0.6 is 11.6 Å². The van der Waals surface area contributed by atoms with E-state index < -0.39 is 0 Å². The maximum Gasteiger partial charge on any atom is 0.257 e. The van der Waals surface area contributed by atoms with E-state index in [4.69, 9.17) is 16.3 Å². The Morgan fingerprint density at radius 2 is 1.97 bits per heavy atom. The van der Waals surface area contributed by atoms with E-state index in [1.54, 1.807) is 24.3 Å². The van der Waals surface area contributed by atoms with Crippen LogP contribution in [0.4, 0.5) is 5.95 Å². The fourth-order valence-electron chi connectivity index (χ4n) is 3.28. The molecule has 0 spiro atoms. The SMILES string of the molecule is CCOCCCn1c(NC(=O)c2ccc3nc(Cl)ccc3c2)nc2ccccc21. The zero-order valence-electron chi connectivity index (χ0n) is 16.1. The first kappa shape index (κ1) is 19.4. The van der Waals surface area contributed by atoms with Crippen molar-refractivity contribution in [1.82, 2.24) is 14.5 Å². The molecule has 4 aromatic rings. The number of halogens is 1. The number of anilines is 1. The Labute approximate surface area is 173 Å². The summed E-state index contributed by atoms with van der Waals surface area (Å²) in [5.41, 5.74) is 3.11. The van der Waals surface area contributed by atoms with Crippen molar-refractivity contribution in [3.8, 4) is 0 Å². The standard InChI is InChI=1S/C22H21ClN4O2/c1-2-29-13-5-12-27-19-7-4-3-6-18(19)25-22(27)26-21(28)16-8-10-17-15(14-16)9-11-20(23)24-17/h3-4,6-11,14H,2,5,12-13H2,1H3,(H,25,26,28). The van der Waals surface area contributed by atoms with Gasteiger partial charge in [0.2, 0.25) is 5.95 Å². The molecule has 0 saturated heterocycles. The van der Waals surface area contributed by atoms with E-state index in [0.29, 0.717) is 36.4 Å². The molecule has 2 heterocycles. The molecule has 2 aromatic heterocycles. The highest BCUT2D eigenvalue weighted by atomic mass is 35.5. The van der Waals surface area contributed by atoms with Crippen LogP contribution < -0.4 is 5.32 Å². The first-order valence-corrected chi connectivity index (χ1v) is 9.94. The van der Waals surface area contributed by atoms with E-state index >= 15 is 0 Å². The number of amides is 1. The van der Waals surface area contributed by atoms with E-state index in [2.05, 4.69) is 15.3 Å². The van der Waals surface area contributed by atoms with Gasteiger partial charge in [0.05, 0.1) is 16.6 Å². The van der Waals surface area contributed by atoms with Gasteiger partial charge in [0.15, 0.2) is 0 Å². The van der Waals surface area contributed by atoms with E-state index in [1.165, 1.54) is 0 Å². The summed E-state index contributed by atoms with van der Waals surface area (Å²) in [4.78, 5) is 21.8. The third-order valence-corrected chi connectivity index (χ3v) is 4.88. The highest BCUT2D eigenvalue weighted by Crippen LogP contribution is 2.22. The fraction of sp³-hybridized carbons (Fsp3) is 0.227. The largest absolute Gasteiger partial charge is 0.382 e. The molecule has 7 heteroatoms. The Morgan fingerprint density at radius 1 is 1.10 bits per heavy atom. The van der Waals surface area contributed by atoms with Crippen LogP contribution in [-0.4, -0.2) is 33.7 Å². The minimum Gasteiger partial charge on any atom is -0.382 e. The smallest absolute Gasteiger partial charge is 0.257 e. The van der Waals surface area contributed by atoms with Crippen molar-refractivity contribution >= 4 is 45.4 Å². The zero-order chi connectivity index (χ0) is 20.2. The molecule has 1 amide bonds. The lowest BCUT2D eigenvalue weighted by Gasteiger charge is -2.10. The summed E-state index contributed by atoms with van der Waals surface area (Å²) in [5.74, 6) is 0.310. The molecule has 0 unspecified atom stereocenters. The summed E-state index contributed by atoms with van der Waals surface area (Å²) >= 11 is 5.94. The monoisotopic (exact) mass is 408 g/mol. The Morgan fingerprint density at radius 3 is 2.83 bits per heavy atom. The number of carbonyl (C=O) groups is 1. The van der Waals surface area contributed by atoms with Gasteiger partial charge in [0.25, 0.3) is 5.91 Å². The quantitative estimate of drug-likeness (QED) is 0.348. The van der Waals surface area contributed by atoms with E-state index in [1.807, 2.05) is 41.8 Å². The number of nitrogens with zero attached hydrogens (tertiary/aromatic N) is 3. The Kier molecular flexibility index (Phi) is 5.74. The van der Waals surface area contributed by atoms with Crippen LogP contribution in [0.25, 0.3) is 21.9 Å². The van der Waals surface area contributed by atoms with Gasteiger partial charge in [-0.3, -0.25) is 10.1 Å². The number of rotatable bonds is 7. The molecular formula is C22H21ClN4O2. The van der Waals surface area contributed by atoms with Gasteiger partial charge in [-0.2, -0.15) is 0 Å². The molecule has 0 aliphatic rings. The van der Waals surface area contributed by atoms with Crippen molar-refractivity contribution < 1.29 is 9.53 Å². The molecule has 2 aromatic carbocycles. The molecule has 0 aliphatic heterocycles.